The number of benzene rings is 1. The number of carbonyl (C=O) groups is 2. The quantitative estimate of drug-likeness (QED) is 0.461. The number of rotatable bonds is 7. The second kappa shape index (κ2) is 10.3. The van der Waals surface area contributed by atoms with Gasteiger partial charge in [-0.2, -0.15) is 4.37 Å². The number of nitrogens with one attached hydrogen (secondary N) is 2. The van der Waals surface area contributed by atoms with Crippen molar-refractivity contribution in [2.45, 2.75) is 32.7 Å². The monoisotopic (exact) mass is 493 g/mol. The van der Waals surface area contributed by atoms with Gasteiger partial charge in [0, 0.05) is 44.5 Å². The van der Waals surface area contributed by atoms with E-state index in [-0.39, 0.29) is 17.6 Å². The van der Waals surface area contributed by atoms with Gasteiger partial charge in [0.2, 0.25) is 0 Å². The minimum atomic E-state index is -0.590. The highest BCUT2D eigenvalue weighted by molar-refractivity contribution is 7.10. The van der Waals surface area contributed by atoms with Crippen molar-refractivity contribution < 1.29 is 9.59 Å². The van der Waals surface area contributed by atoms with E-state index in [1.807, 2.05) is 63.2 Å². The summed E-state index contributed by atoms with van der Waals surface area (Å²) in [6.45, 7) is 5.35. The maximum atomic E-state index is 12.9. The third-order valence-corrected chi connectivity index (χ3v) is 6.96. The molecule has 1 aliphatic heterocycles. The lowest BCUT2D eigenvalue weighted by Crippen LogP contribution is -2.48. The Morgan fingerprint density at radius 3 is 2.57 bits per heavy atom. The van der Waals surface area contributed by atoms with Crippen molar-refractivity contribution in [2.75, 3.05) is 42.3 Å². The van der Waals surface area contributed by atoms with Gasteiger partial charge >= 0.3 is 0 Å². The van der Waals surface area contributed by atoms with Gasteiger partial charge in [0.15, 0.2) is 5.69 Å². The van der Waals surface area contributed by atoms with Crippen LogP contribution in [0.5, 0.6) is 0 Å². The summed E-state index contributed by atoms with van der Waals surface area (Å²) in [6.07, 6.45) is 3.52. The molecule has 1 aliphatic rings. The van der Waals surface area contributed by atoms with Crippen LogP contribution in [0.25, 0.3) is 0 Å². The van der Waals surface area contributed by atoms with Gasteiger partial charge in [-0.05, 0) is 74.1 Å². The molecule has 2 aromatic heterocycles. The van der Waals surface area contributed by atoms with E-state index in [9.17, 15) is 9.59 Å². The van der Waals surface area contributed by atoms with Crippen molar-refractivity contribution in [3.8, 4) is 0 Å². The molecule has 0 radical (unpaired) electrons. The normalized spacial score (nSPS) is 15.5. The first-order chi connectivity index (χ1) is 16.7. The van der Waals surface area contributed by atoms with Gasteiger partial charge in [0.1, 0.15) is 5.00 Å². The summed E-state index contributed by atoms with van der Waals surface area (Å²) in [7, 11) is 3.94. The third kappa shape index (κ3) is 5.54. The number of aryl methyl sites for hydroxylation is 1. The molecule has 35 heavy (non-hydrogen) atoms. The van der Waals surface area contributed by atoms with Crippen LogP contribution < -0.4 is 26.2 Å². The van der Waals surface area contributed by atoms with Crippen molar-refractivity contribution in [1.82, 2.24) is 14.7 Å². The van der Waals surface area contributed by atoms with Crippen LogP contribution in [0.4, 0.5) is 22.1 Å². The van der Waals surface area contributed by atoms with Gasteiger partial charge in [0.25, 0.3) is 11.8 Å². The Hall–Kier alpha value is -3.66. The summed E-state index contributed by atoms with van der Waals surface area (Å²) in [6, 6.07) is 9.49. The van der Waals surface area contributed by atoms with E-state index in [1.165, 1.54) is 11.5 Å². The van der Waals surface area contributed by atoms with E-state index < -0.39 is 5.91 Å². The SMILES string of the molecule is Cc1cc(Nc2c(C(N)=O)ncc(N3CCCC(NC(=O)c4ccc(N(C)C)cc4)C3)c2C)sn1. The summed E-state index contributed by atoms with van der Waals surface area (Å²) in [4.78, 5) is 33.5. The van der Waals surface area contributed by atoms with Crippen LogP contribution in [0.2, 0.25) is 0 Å². The molecule has 4 N–H and O–H groups in total. The van der Waals surface area contributed by atoms with Crippen LogP contribution >= 0.6 is 11.5 Å². The predicted octanol–water partition coefficient (Wildman–Crippen LogP) is 3.46. The average Bonchev–Trinajstić information content (AvgIpc) is 3.24. The highest BCUT2D eigenvalue weighted by Gasteiger charge is 2.26. The number of primary amides is 1. The van der Waals surface area contributed by atoms with Crippen molar-refractivity contribution in [3.63, 3.8) is 0 Å². The summed E-state index contributed by atoms with van der Waals surface area (Å²) >= 11 is 1.32. The van der Waals surface area contributed by atoms with Crippen LogP contribution in [0.15, 0.2) is 36.5 Å². The number of nitrogens with zero attached hydrogens (tertiary/aromatic N) is 4. The van der Waals surface area contributed by atoms with Gasteiger partial charge in [-0.3, -0.25) is 9.59 Å². The molecule has 10 heteroatoms. The van der Waals surface area contributed by atoms with E-state index in [4.69, 9.17) is 5.73 Å². The number of anilines is 4. The second-order valence-electron chi connectivity index (χ2n) is 9.01. The first kappa shape index (κ1) is 24.5. The van der Waals surface area contributed by atoms with Crippen molar-refractivity contribution in [2.24, 2.45) is 5.73 Å². The molecule has 0 saturated carbocycles. The highest BCUT2D eigenvalue weighted by Crippen LogP contribution is 2.33. The van der Waals surface area contributed by atoms with Gasteiger partial charge in [-0.1, -0.05) is 0 Å². The molecular formula is C25H31N7O2S. The summed E-state index contributed by atoms with van der Waals surface area (Å²) < 4.78 is 4.29. The summed E-state index contributed by atoms with van der Waals surface area (Å²) in [5, 5.41) is 7.29. The van der Waals surface area contributed by atoms with Gasteiger partial charge in [-0.15, -0.1) is 0 Å². The molecular weight excluding hydrogens is 462 g/mol. The molecule has 1 fully saturated rings. The molecule has 3 heterocycles. The zero-order valence-corrected chi connectivity index (χ0v) is 21.3. The molecule has 0 bridgehead atoms. The van der Waals surface area contributed by atoms with Gasteiger partial charge in [0.05, 0.1) is 23.3 Å². The fourth-order valence-corrected chi connectivity index (χ4v) is 4.96. The smallest absolute Gasteiger partial charge is 0.269 e. The molecule has 3 aromatic rings. The largest absolute Gasteiger partial charge is 0.378 e. The number of carbonyl (C=O) groups excluding carboxylic acids is 2. The number of hydrogen-bond acceptors (Lipinski definition) is 8. The maximum Gasteiger partial charge on any atom is 0.269 e. The Kier molecular flexibility index (Phi) is 7.20. The molecule has 0 aliphatic carbocycles. The summed E-state index contributed by atoms with van der Waals surface area (Å²) in [5.41, 5.74) is 10.8. The Labute approximate surface area is 209 Å². The fraction of sp³-hybridized carbons (Fsp3) is 0.360. The number of nitrogens with two attached hydrogens (primary N) is 1. The van der Waals surface area contributed by atoms with E-state index in [2.05, 4.69) is 24.9 Å². The van der Waals surface area contributed by atoms with Crippen LogP contribution in [0, 0.1) is 13.8 Å². The lowest BCUT2D eigenvalue weighted by atomic mass is 10.0. The van der Waals surface area contributed by atoms with Crippen molar-refractivity contribution in [1.29, 1.82) is 0 Å². The van der Waals surface area contributed by atoms with Crippen LogP contribution in [0.1, 0.15) is 44.9 Å². The summed E-state index contributed by atoms with van der Waals surface area (Å²) in [5.74, 6) is -0.670. The lowest BCUT2D eigenvalue weighted by molar-refractivity contribution is 0.0932. The van der Waals surface area contributed by atoms with Crippen molar-refractivity contribution in [3.05, 3.63) is 59.0 Å². The van der Waals surface area contributed by atoms with Crippen LogP contribution in [-0.2, 0) is 0 Å². The first-order valence-corrected chi connectivity index (χ1v) is 12.3. The first-order valence-electron chi connectivity index (χ1n) is 11.6. The fourth-order valence-electron chi connectivity index (χ4n) is 4.29. The van der Waals surface area contributed by atoms with Crippen LogP contribution in [0.3, 0.4) is 0 Å². The second-order valence-corrected chi connectivity index (χ2v) is 9.82. The zero-order chi connectivity index (χ0) is 25.1. The molecule has 184 valence electrons. The zero-order valence-electron chi connectivity index (χ0n) is 20.5. The maximum absolute atomic E-state index is 12.9. The number of hydrogen-bond donors (Lipinski definition) is 3. The number of pyridine rings is 1. The Bertz CT molecular complexity index is 1220. The lowest BCUT2D eigenvalue weighted by Gasteiger charge is -2.36. The highest BCUT2D eigenvalue weighted by atomic mass is 32.1. The molecule has 1 saturated heterocycles. The Morgan fingerprint density at radius 1 is 1.20 bits per heavy atom. The number of amides is 2. The van der Waals surface area contributed by atoms with E-state index in [0.29, 0.717) is 17.8 Å². The Morgan fingerprint density at radius 2 is 1.94 bits per heavy atom. The molecule has 0 spiro atoms. The minimum absolute atomic E-state index is 0.000506. The minimum Gasteiger partial charge on any atom is -0.378 e. The van der Waals surface area contributed by atoms with Crippen molar-refractivity contribution >= 4 is 45.4 Å². The average molecular weight is 494 g/mol. The van der Waals surface area contributed by atoms with E-state index >= 15 is 0 Å². The van der Waals surface area contributed by atoms with Gasteiger partial charge < -0.3 is 26.2 Å². The molecule has 2 amide bonds. The van der Waals surface area contributed by atoms with Crippen LogP contribution in [-0.4, -0.2) is 54.4 Å². The molecule has 1 aromatic carbocycles. The molecule has 9 nitrogen and oxygen atoms in total. The molecule has 1 unspecified atom stereocenters. The predicted molar refractivity (Wildman–Crippen MR) is 141 cm³/mol. The standard InChI is InChI=1S/C25H31N7O2S/c1-15-12-21(35-30-15)29-22-16(2)20(13-27-23(22)24(26)33)32-11-5-6-18(14-32)28-25(34)17-7-9-19(10-8-17)31(3)4/h7-10,12-13,18,29H,5-6,11,14H2,1-4H3,(H2,26,33)(H,28,34). The third-order valence-electron chi connectivity index (χ3n) is 6.16. The molecule has 4 rings (SSSR count). The number of aromatic nitrogens is 2. The Balaban J connectivity index is 1.52. The number of piperidine rings is 1. The topological polar surface area (TPSA) is 116 Å². The van der Waals surface area contributed by atoms with Gasteiger partial charge in [-0.25, -0.2) is 4.98 Å². The van der Waals surface area contributed by atoms with E-state index in [1.54, 1.807) is 6.20 Å². The molecule has 1 atom stereocenters. The van der Waals surface area contributed by atoms with E-state index in [0.717, 1.165) is 47.0 Å².